The molecule has 15 heavy (non-hydrogen) atoms. The third kappa shape index (κ3) is 2.95. The van der Waals surface area contributed by atoms with Crippen molar-refractivity contribution >= 4 is 27.7 Å². The number of aromatic amines is 1. The minimum Gasteiger partial charge on any atom is -0.381 e. The first-order valence-corrected chi connectivity index (χ1v) is 7.07. The van der Waals surface area contributed by atoms with Gasteiger partial charge in [-0.25, -0.2) is 4.98 Å². The Morgan fingerprint density at radius 1 is 1.53 bits per heavy atom. The Balaban J connectivity index is 1.89. The first-order chi connectivity index (χ1) is 7.35. The molecular weight excluding hydrogens is 278 g/mol. The molecule has 2 heterocycles. The second kappa shape index (κ2) is 5.32. The predicted molar refractivity (Wildman–Crippen MR) is 63.4 cm³/mol. The van der Waals surface area contributed by atoms with E-state index in [1.165, 1.54) is 0 Å². The fourth-order valence-corrected chi connectivity index (χ4v) is 3.70. The van der Waals surface area contributed by atoms with Crippen LogP contribution in [-0.2, 0) is 4.74 Å². The Hall–Kier alpha value is -0.0700. The molecule has 0 spiro atoms. The van der Waals surface area contributed by atoms with Crippen LogP contribution in [0, 0.1) is 5.41 Å². The number of ether oxygens (including phenoxy) is 1. The van der Waals surface area contributed by atoms with Gasteiger partial charge in [0.1, 0.15) is 6.33 Å². The first-order valence-electron chi connectivity index (χ1n) is 4.97. The summed E-state index contributed by atoms with van der Waals surface area (Å²) >= 11 is 5.36. The normalized spacial score (nSPS) is 20.3. The number of nitrogens with zero attached hydrogens (tertiary/aromatic N) is 2. The van der Waals surface area contributed by atoms with Crippen LogP contribution in [0.1, 0.15) is 12.8 Å². The smallest absolute Gasteiger partial charge is 0.183 e. The van der Waals surface area contributed by atoms with Crippen molar-refractivity contribution in [3.05, 3.63) is 6.33 Å². The van der Waals surface area contributed by atoms with Crippen LogP contribution < -0.4 is 0 Å². The van der Waals surface area contributed by atoms with Crippen LogP contribution in [0.4, 0.5) is 0 Å². The molecule has 0 aromatic carbocycles. The number of hydrogen-bond acceptors (Lipinski definition) is 4. The number of hydrogen-bond donors (Lipinski definition) is 1. The van der Waals surface area contributed by atoms with E-state index >= 15 is 0 Å². The van der Waals surface area contributed by atoms with Gasteiger partial charge in [0.2, 0.25) is 0 Å². The Morgan fingerprint density at radius 3 is 2.93 bits per heavy atom. The van der Waals surface area contributed by atoms with Crippen molar-refractivity contribution in [3.8, 4) is 0 Å². The number of thioether (sulfide) groups is 1. The van der Waals surface area contributed by atoms with Gasteiger partial charge in [-0.2, -0.15) is 5.10 Å². The van der Waals surface area contributed by atoms with Crippen LogP contribution in [0.15, 0.2) is 11.5 Å². The van der Waals surface area contributed by atoms with Gasteiger partial charge in [0, 0.05) is 24.3 Å². The summed E-state index contributed by atoms with van der Waals surface area (Å²) < 4.78 is 5.40. The molecular formula is C9H14BrN3OS. The molecule has 1 fully saturated rings. The zero-order valence-electron chi connectivity index (χ0n) is 8.41. The summed E-state index contributed by atoms with van der Waals surface area (Å²) in [5.74, 6) is 1.07. The second-order valence-electron chi connectivity index (χ2n) is 3.83. The van der Waals surface area contributed by atoms with Crippen LogP contribution in [0.3, 0.4) is 0 Å². The minimum absolute atomic E-state index is 0.357. The number of alkyl halides is 1. The molecule has 84 valence electrons. The molecule has 6 heteroatoms. The van der Waals surface area contributed by atoms with Crippen LogP contribution in [-0.4, -0.2) is 39.5 Å². The van der Waals surface area contributed by atoms with E-state index in [4.69, 9.17) is 4.74 Å². The van der Waals surface area contributed by atoms with E-state index in [1.54, 1.807) is 18.1 Å². The van der Waals surface area contributed by atoms with Crippen molar-refractivity contribution in [3.63, 3.8) is 0 Å². The maximum absolute atomic E-state index is 5.40. The fourth-order valence-electron chi connectivity index (χ4n) is 1.61. The van der Waals surface area contributed by atoms with Gasteiger partial charge in [0.25, 0.3) is 0 Å². The molecule has 0 bridgehead atoms. The van der Waals surface area contributed by atoms with Gasteiger partial charge in [-0.1, -0.05) is 27.7 Å². The average molecular weight is 292 g/mol. The van der Waals surface area contributed by atoms with Crippen LogP contribution in [0.25, 0.3) is 0 Å². The molecule has 0 atom stereocenters. The monoisotopic (exact) mass is 291 g/mol. The van der Waals surface area contributed by atoms with Crippen molar-refractivity contribution in [2.75, 3.05) is 24.3 Å². The molecule has 4 nitrogen and oxygen atoms in total. The summed E-state index contributed by atoms with van der Waals surface area (Å²) in [6.45, 7) is 1.76. The number of aromatic nitrogens is 3. The van der Waals surface area contributed by atoms with E-state index in [-0.39, 0.29) is 0 Å². The van der Waals surface area contributed by atoms with Crippen LogP contribution in [0.2, 0.25) is 0 Å². The van der Waals surface area contributed by atoms with Gasteiger partial charge in [0.15, 0.2) is 5.16 Å². The number of H-pyrrole nitrogens is 1. The number of nitrogens with one attached hydrogen (secondary N) is 1. The Morgan fingerprint density at radius 2 is 2.33 bits per heavy atom. The van der Waals surface area contributed by atoms with E-state index in [0.29, 0.717) is 5.41 Å². The zero-order chi connectivity index (χ0) is 10.6. The van der Waals surface area contributed by atoms with Gasteiger partial charge < -0.3 is 4.74 Å². The van der Waals surface area contributed by atoms with Gasteiger partial charge in [0.05, 0.1) is 0 Å². The summed E-state index contributed by atoms with van der Waals surface area (Å²) in [6.07, 6.45) is 3.80. The van der Waals surface area contributed by atoms with Crippen molar-refractivity contribution in [2.45, 2.75) is 18.0 Å². The number of rotatable bonds is 4. The standard InChI is InChI=1S/C9H14BrN3OS/c10-5-9(1-3-14-4-2-9)6-15-8-11-7-12-13-8/h7H,1-6H2,(H,11,12,13). The molecule has 0 aliphatic carbocycles. The van der Waals surface area contributed by atoms with Crippen molar-refractivity contribution in [1.29, 1.82) is 0 Å². The maximum Gasteiger partial charge on any atom is 0.183 e. The lowest BCUT2D eigenvalue weighted by Crippen LogP contribution is -2.33. The van der Waals surface area contributed by atoms with Crippen LogP contribution >= 0.6 is 27.7 Å². The third-order valence-corrected chi connectivity index (χ3v) is 5.16. The molecule has 0 saturated carbocycles. The number of halogens is 1. The molecule has 1 N–H and O–H groups in total. The van der Waals surface area contributed by atoms with Crippen molar-refractivity contribution < 1.29 is 4.74 Å². The maximum atomic E-state index is 5.40. The molecule has 0 unspecified atom stereocenters. The zero-order valence-corrected chi connectivity index (χ0v) is 10.8. The molecule has 1 aliphatic heterocycles. The van der Waals surface area contributed by atoms with E-state index in [2.05, 4.69) is 31.1 Å². The summed E-state index contributed by atoms with van der Waals surface area (Å²) in [5, 5.41) is 8.65. The van der Waals surface area contributed by atoms with Crippen LogP contribution in [0.5, 0.6) is 0 Å². The quantitative estimate of drug-likeness (QED) is 0.682. The largest absolute Gasteiger partial charge is 0.381 e. The molecule has 1 aromatic heterocycles. The minimum atomic E-state index is 0.357. The Labute approximate surface area is 102 Å². The first kappa shape index (κ1) is 11.4. The summed E-state index contributed by atoms with van der Waals surface area (Å²) in [5.41, 5.74) is 0.357. The van der Waals surface area contributed by atoms with E-state index in [1.807, 2.05) is 0 Å². The van der Waals surface area contributed by atoms with Gasteiger partial charge in [-0.3, -0.25) is 5.10 Å². The lowest BCUT2D eigenvalue weighted by molar-refractivity contribution is 0.0374. The lowest BCUT2D eigenvalue weighted by Gasteiger charge is -2.34. The van der Waals surface area contributed by atoms with E-state index < -0.39 is 0 Å². The van der Waals surface area contributed by atoms with Gasteiger partial charge in [-0.05, 0) is 18.3 Å². The van der Waals surface area contributed by atoms with Crippen molar-refractivity contribution in [2.24, 2.45) is 5.41 Å². The lowest BCUT2D eigenvalue weighted by atomic mass is 9.85. The second-order valence-corrected chi connectivity index (χ2v) is 5.35. The molecule has 1 aliphatic rings. The molecule has 0 amide bonds. The van der Waals surface area contributed by atoms with Crippen molar-refractivity contribution in [1.82, 2.24) is 15.2 Å². The Bertz CT molecular complexity index is 288. The fraction of sp³-hybridized carbons (Fsp3) is 0.778. The highest BCUT2D eigenvalue weighted by Gasteiger charge is 2.31. The third-order valence-electron chi connectivity index (χ3n) is 2.74. The molecule has 1 aromatic rings. The van der Waals surface area contributed by atoms with Gasteiger partial charge >= 0.3 is 0 Å². The predicted octanol–water partition coefficient (Wildman–Crippen LogP) is 2.09. The molecule has 0 radical (unpaired) electrons. The van der Waals surface area contributed by atoms with E-state index in [9.17, 15) is 0 Å². The summed E-state index contributed by atoms with van der Waals surface area (Å²) in [6, 6.07) is 0. The average Bonchev–Trinajstić information content (AvgIpc) is 2.81. The SMILES string of the molecule is BrCC1(CSc2ncn[nH]2)CCOCC1. The summed E-state index contributed by atoms with van der Waals surface area (Å²) in [4.78, 5) is 4.12. The topological polar surface area (TPSA) is 50.8 Å². The molecule has 2 rings (SSSR count). The highest BCUT2D eigenvalue weighted by molar-refractivity contribution is 9.09. The highest BCUT2D eigenvalue weighted by Crippen LogP contribution is 2.37. The Kier molecular flexibility index (Phi) is 4.05. The highest BCUT2D eigenvalue weighted by atomic mass is 79.9. The van der Waals surface area contributed by atoms with Gasteiger partial charge in [-0.15, -0.1) is 0 Å². The molecule has 1 saturated heterocycles. The van der Waals surface area contributed by atoms with E-state index in [0.717, 1.165) is 42.3 Å². The summed E-state index contributed by atoms with van der Waals surface area (Å²) in [7, 11) is 0.